The number of amides is 1. The zero-order valence-electron chi connectivity index (χ0n) is 20.0. The molecule has 0 radical (unpaired) electrons. The number of hydrogen-bond acceptors (Lipinski definition) is 6. The number of rotatable bonds is 7. The third-order valence-corrected chi connectivity index (χ3v) is 5.84. The molecule has 9 nitrogen and oxygen atoms in total. The number of carbonyl (C=O) groups is 1. The van der Waals surface area contributed by atoms with E-state index in [-0.39, 0.29) is 12.7 Å². The number of carbonyl (C=O) groups excluding carboxylic acids is 1. The lowest BCUT2D eigenvalue weighted by Gasteiger charge is -2.14. The fourth-order valence-electron chi connectivity index (χ4n) is 4.01. The zero-order valence-corrected chi connectivity index (χ0v) is 20.0. The number of ether oxygens (including phenoxy) is 4. The van der Waals surface area contributed by atoms with E-state index in [1.165, 1.54) is 0 Å². The van der Waals surface area contributed by atoms with Crippen LogP contribution < -0.4 is 29.6 Å². The predicted molar refractivity (Wildman–Crippen MR) is 138 cm³/mol. The molecule has 0 atom stereocenters. The highest BCUT2D eigenvalue weighted by atomic mass is 16.7. The minimum Gasteiger partial charge on any atom is -0.493 e. The molecular formula is C27H26N4O5. The molecule has 3 N–H and O–H groups in total. The Kier molecular flexibility index (Phi) is 6.61. The van der Waals surface area contributed by atoms with Gasteiger partial charge in [0.1, 0.15) is 0 Å². The molecule has 0 saturated heterocycles. The van der Waals surface area contributed by atoms with Crippen LogP contribution in [0.2, 0.25) is 0 Å². The average molecular weight is 487 g/mol. The summed E-state index contributed by atoms with van der Waals surface area (Å²) in [5.74, 6) is 2.29. The first-order valence-corrected chi connectivity index (χ1v) is 11.4. The van der Waals surface area contributed by atoms with Crippen LogP contribution in [0.25, 0.3) is 10.9 Å². The molecule has 0 fully saturated rings. The van der Waals surface area contributed by atoms with Gasteiger partial charge < -0.3 is 29.2 Å². The van der Waals surface area contributed by atoms with Crippen molar-refractivity contribution in [1.82, 2.24) is 10.3 Å². The number of hydrogen-bond donors (Lipinski definition) is 3. The number of para-hydroxylation sites is 1. The van der Waals surface area contributed by atoms with Gasteiger partial charge in [-0.15, -0.1) is 0 Å². The lowest BCUT2D eigenvalue weighted by atomic mass is 10.1. The smallest absolute Gasteiger partial charge is 0.258 e. The summed E-state index contributed by atoms with van der Waals surface area (Å²) in [6, 6.07) is 18.6. The fourth-order valence-corrected chi connectivity index (χ4v) is 4.01. The molecule has 184 valence electrons. The van der Waals surface area contributed by atoms with Crippen LogP contribution in [0.5, 0.6) is 23.0 Å². The summed E-state index contributed by atoms with van der Waals surface area (Å²) in [6.45, 7) is 0.598. The van der Waals surface area contributed by atoms with E-state index in [9.17, 15) is 4.79 Å². The van der Waals surface area contributed by atoms with E-state index in [1.807, 2.05) is 30.5 Å². The Hall–Kier alpha value is -4.66. The Balaban J connectivity index is 1.36. The number of aliphatic imine (C=N–C) groups is 1. The normalized spacial score (nSPS) is 12.4. The van der Waals surface area contributed by atoms with Crippen LogP contribution in [0.4, 0.5) is 5.69 Å². The van der Waals surface area contributed by atoms with Crippen LogP contribution in [0.1, 0.15) is 15.9 Å². The topological polar surface area (TPSA) is 106 Å². The summed E-state index contributed by atoms with van der Waals surface area (Å²) < 4.78 is 21.5. The highest BCUT2D eigenvalue weighted by molar-refractivity contribution is 6.10. The van der Waals surface area contributed by atoms with Crippen molar-refractivity contribution in [2.75, 3.05) is 32.9 Å². The largest absolute Gasteiger partial charge is 0.493 e. The number of aromatic amines is 1. The van der Waals surface area contributed by atoms with Gasteiger partial charge in [0, 0.05) is 41.0 Å². The lowest BCUT2D eigenvalue weighted by molar-refractivity contribution is 0.0976. The first-order valence-electron chi connectivity index (χ1n) is 11.4. The van der Waals surface area contributed by atoms with E-state index < -0.39 is 0 Å². The third kappa shape index (κ3) is 4.90. The van der Waals surface area contributed by atoms with E-state index in [0.717, 1.165) is 16.5 Å². The van der Waals surface area contributed by atoms with Gasteiger partial charge in [0.15, 0.2) is 23.0 Å². The van der Waals surface area contributed by atoms with Crippen molar-refractivity contribution in [2.45, 2.75) is 6.42 Å². The second kappa shape index (κ2) is 10.3. The predicted octanol–water partition coefficient (Wildman–Crippen LogP) is 4.35. The van der Waals surface area contributed by atoms with Crippen molar-refractivity contribution in [3.8, 4) is 23.0 Å². The van der Waals surface area contributed by atoms with E-state index >= 15 is 0 Å². The maximum atomic E-state index is 13.1. The number of aromatic nitrogens is 1. The summed E-state index contributed by atoms with van der Waals surface area (Å²) in [5, 5.41) is 7.23. The van der Waals surface area contributed by atoms with Crippen LogP contribution in [-0.4, -0.2) is 44.4 Å². The number of nitrogens with one attached hydrogen (secondary N) is 3. The number of anilines is 1. The Morgan fingerprint density at radius 3 is 2.69 bits per heavy atom. The first-order chi connectivity index (χ1) is 17.6. The second-order valence-electron chi connectivity index (χ2n) is 8.06. The number of guanidine groups is 1. The summed E-state index contributed by atoms with van der Waals surface area (Å²) in [5.41, 5.74) is 3.35. The lowest BCUT2D eigenvalue weighted by Crippen LogP contribution is -2.36. The van der Waals surface area contributed by atoms with E-state index in [1.54, 1.807) is 44.6 Å². The highest BCUT2D eigenvalue weighted by Crippen LogP contribution is 2.32. The van der Waals surface area contributed by atoms with Crippen LogP contribution in [0.3, 0.4) is 0 Å². The highest BCUT2D eigenvalue weighted by Gasteiger charge is 2.17. The molecule has 1 aliphatic rings. The Morgan fingerprint density at radius 1 is 1.00 bits per heavy atom. The first kappa shape index (κ1) is 23.1. The van der Waals surface area contributed by atoms with Crippen LogP contribution in [0, 0.1) is 0 Å². The molecule has 36 heavy (non-hydrogen) atoms. The van der Waals surface area contributed by atoms with Gasteiger partial charge in [0.2, 0.25) is 12.8 Å². The quantitative estimate of drug-likeness (QED) is 0.265. The molecular weight excluding hydrogens is 460 g/mol. The number of nitrogens with zero attached hydrogens (tertiary/aromatic N) is 1. The molecule has 3 aromatic carbocycles. The van der Waals surface area contributed by atoms with Gasteiger partial charge in [-0.05, 0) is 48.4 Å². The minimum atomic E-state index is -0.327. The second-order valence-corrected chi connectivity index (χ2v) is 8.06. The van der Waals surface area contributed by atoms with Gasteiger partial charge in [0.25, 0.3) is 5.91 Å². The maximum absolute atomic E-state index is 13.1. The molecule has 0 bridgehead atoms. The standard InChI is InChI=1S/C27H26N4O5/c1-33-22-10-8-19(14-24(22)34-2)30-27(28-12-11-18-15-29-21-6-4-3-5-20(18)21)31-26(32)17-7-9-23-25(13-17)36-16-35-23/h3-10,13-15,29H,11-12,16H2,1-2H3,(H2,28,30,31,32). The Bertz CT molecular complexity index is 1430. The van der Waals surface area contributed by atoms with Crippen molar-refractivity contribution in [2.24, 2.45) is 4.99 Å². The number of methoxy groups -OCH3 is 2. The van der Waals surface area contributed by atoms with E-state index in [2.05, 4.69) is 26.7 Å². The van der Waals surface area contributed by atoms with Gasteiger partial charge >= 0.3 is 0 Å². The van der Waals surface area contributed by atoms with Gasteiger partial charge in [-0.2, -0.15) is 0 Å². The molecule has 1 aromatic heterocycles. The molecule has 0 unspecified atom stereocenters. The van der Waals surface area contributed by atoms with Gasteiger partial charge in [-0.3, -0.25) is 15.1 Å². The molecule has 1 amide bonds. The molecule has 4 aromatic rings. The Labute approximate surface area is 208 Å². The summed E-state index contributed by atoms with van der Waals surface area (Å²) >= 11 is 0. The van der Waals surface area contributed by atoms with Crippen molar-refractivity contribution >= 4 is 28.5 Å². The SMILES string of the molecule is COc1ccc(NC(=NCCc2c[nH]c3ccccc23)NC(=O)c2ccc3c(c2)OCO3)cc1OC. The molecule has 9 heteroatoms. The number of H-pyrrole nitrogens is 1. The summed E-state index contributed by atoms with van der Waals surface area (Å²) in [7, 11) is 3.15. The van der Waals surface area contributed by atoms with Crippen LogP contribution in [0.15, 0.2) is 71.9 Å². The summed E-state index contributed by atoms with van der Waals surface area (Å²) in [6.07, 6.45) is 2.69. The molecule has 2 heterocycles. The van der Waals surface area contributed by atoms with Crippen LogP contribution in [-0.2, 0) is 6.42 Å². The van der Waals surface area contributed by atoms with Crippen molar-refractivity contribution in [3.05, 3.63) is 78.0 Å². The molecule has 0 spiro atoms. The monoisotopic (exact) mass is 486 g/mol. The van der Waals surface area contributed by atoms with Gasteiger partial charge in [-0.1, -0.05) is 18.2 Å². The van der Waals surface area contributed by atoms with E-state index in [0.29, 0.717) is 53.2 Å². The van der Waals surface area contributed by atoms with Crippen molar-refractivity contribution < 1.29 is 23.7 Å². The molecule has 0 aliphatic carbocycles. The fraction of sp³-hybridized carbons (Fsp3) is 0.185. The van der Waals surface area contributed by atoms with E-state index in [4.69, 9.17) is 18.9 Å². The maximum Gasteiger partial charge on any atom is 0.258 e. The van der Waals surface area contributed by atoms with Crippen molar-refractivity contribution in [3.63, 3.8) is 0 Å². The van der Waals surface area contributed by atoms with Crippen molar-refractivity contribution in [1.29, 1.82) is 0 Å². The van der Waals surface area contributed by atoms with Gasteiger partial charge in [0.05, 0.1) is 14.2 Å². The summed E-state index contributed by atoms with van der Waals surface area (Å²) in [4.78, 5) is 21.0. The molecule has 5 rings (SSSR count). The molecule has 0 saturated carbocycles. The number of fused-ring (bicyclic) bond motifs is 2. The Morgan fingerprint density at radius 2 is 1.83 bits per heavy atom. The average Bonchev–Trinajstić information content (AvgIpc) is 3.55. The minimum absolute atomic E-state index is 0.141. The zero-order chi connectivity index (χ0) is 24.9. The van der Waals surface area contributed by atoms with Gasteiger partial charge in [-0.25, -0.2) is 0 Å². The third-order valence-electron chi connectivity index (χ3n) is 5.84. The van der Waals surface area contributed by atoms with Crippen LogP contribution >= 0.6 is 0 Å². The number of benzene rings is 3. The molecule has 1 aliphatic heterocycles.